The first-order valence-electron chi connectivity index (χ1n) is 7.97. The van der Waals surface area contributed by atoms with Crippen molar-refractivity contribution in [1.29, 1.82) is 0 Å². The quantitative estimate of drug-likeness (QED) is 0.607. The van der Waals surface area contributed by atoms with Gasteiger partial charge in [0.1, 0.15) is 0 Å². The molecule has 0 amide bonds. The summed E-state index contributed by atoms with van der Waals surface area (Å²) in [5.74, 6) is 0. The van der Waals surface area contributed by atoms with Crippen molar-refractivity contribution in [2.45, 2.75) is 16.2 Å². The Labute approximate surface area is 157 Å². The Balaban J connectivity index is 1.60. The summed E-state index contributed by atoms with van der Waals surface area (Å²) in [7, 11) is -7.60. The Morgan fingerprint density at radius 3 is 2.11 bits per heavy atom. The second-order valence-corrected chi connectivity index (χ2v) is 9.11. The third-order valence-electron chi connectivity index (χ3n) is 3.87. The van der Waals surface area contributed by atoms with E-state index in [4.69, 9.17) is 5.14 Å². The molecular weight excluding hydrogens is 388 g/mol. The highest BCUT2D eigenvalue weighted by Crippen LogP contribution is 2.14. The number of sulfonamides is 2. The van der Waals surface area contributed by atoms with E-state index in [0.29, 0.717) is 6.42 Å². The van der Waals surface area contributed by atoms with Gasteiger partial charge in [-0.3, -0.25) is 0 Å². The molecule has 0 aliphatic rings. The lowest BCUT2D eigenvalue weighted by molar-refractivity contribution is 0.580. The predicted octanol–water partition coefficient (Wildman–Crippen LogP) is 1.04. The van der Waals surface area contributed by atoms with E-state index in [0.717, 1.165) is 23.4 Å². The summed E-state index contributed by atoms with van der Waals surface area (Å²) in [6, 6.07) is 14.2. The monoisotopic (exact) mass is 406 g/mol. The third-order valence-corrected chi connectivity index (χ3v) is 6.28. The number of hydrogen-bond acceptors (Lipinski definition) is 5. The lowest BCUT2D eigenvalue weighted by atomic mass is 10.1. The molecule has 0 bridgehead atoms. The van der Waals surface area contributed by atoms with Crippen LogP contribution in [0.2, 0.25) is 0 Å². The molecule has 1 aromatic heterocycles. The molecule has 1 heterocycles. The SMILES string of the molecule is NS(=O)(=O)c1ccc(S(=O)(=O)NCCc2ccc(-n3cccn3)cc2)cc1. The first-order chi connectivity index (χ1) is 12.8. The van der Waals surface area contributed by atoms with E-state index in [2.05, 4.69) is 9.82 Å². The lowest BCUT2D eigenvalue weighted by Gasteiger charge is -2.08. The van der Waals surface area contributed by atoms with Crippen LogP contribution in [0, 0.1) is 0 Å². The van der Waals surface area contributed by atoms with Crippen molar-refractivity contribution in [3.05, 3.63) is 72.6 Å². The highest BCUT2D eigenvalue weighted by molar-refractivity contribution is 7.89. The summed E-state index contributed by atoms with van der Waals surface area (Å²) in [6.45, 7) is 0.209. The van der Waals surface area contributed by atoms with Gasteiger partial charge in [0.15, 0.2) is 0 Å². The first-order valence-corrected chi connectivity index (χ1v) is 11.0. The second kappa shape index (κ2) is 7.61. The van der Waals surface area contributed by atoms with Gasteiger partial charge < -0.3 is 0 Å². The van der Waals surface area contributed by atoms with Crippen LogP contribution in [-0.4, -0.2) is 33.2 Å². The Morgan fingerprint density at radius 2 is 1.56 bits per heavy atom. The van der Waals surface area contributed by atoms with Gasteiger partial charge in [-0.05, 0) is 54.4 Å². The number of rotatable bonds is 7. The van der Waals surface area contributed by atoms with Crippen LogP contribution in [0.3, 0.4) is 0 Å². The van der Waals surface area contributed by atoms with Crippen LogP contribution in [0.4, 0.5) is 0 Å². The molecule has 142 valence electrons. The molecule has 0 aliphatic carbocycles. The number of benzene rings is 2. The van der Waals surface area contributed by atoms with Gasteiger partial charge in [0, 0.05) is 18.9 Å². The van der Waals surface area contributed by atoms with Crippen LogP contribution in [0.25, 0.3) is 5.69 Å². The molecule has 2 aromatic carbocycles. The van der Waals surface area contributed by atoms with Crippen LogP contribution in [-0.2, 0) is 26.5 Å². The van der Waals surface area contributed by atoms with Gasteiger partial charge in [-0.25, -0.2) is 31.4 Å². The Hall–Kier alpha value is -2.53. The third kappa shape index (κ3) is 4.80. The van der Waals surface area contributed by atoms with E-state index in [9.17, 15) is 16.8 Å². The number of nitrogens with one attached hydrogen (secondary N) is 1. The maximum Gasteiger partial charge on any atom is 0.240 e. The van der Waals surface area contributed by atoms with Crippen molar-refractivity contribution >= 4 is 20.0 Å². The fourth-order valence-corrected chi connectivity index (χ4v) is 4.01. The summed E-state index contributed by atoms with van der Waals surface area (Å²) >= 11 is 0. The molecule has 0 saturated heterocycles. The summed E-state index contributed by atoms with van der Waals surface area (Å²) in [6.07, 6.45) is 4.04. The molecule has 3 rings (SSSR count). The van der Waals surface area contributed by atoms with Crippen LogP contribution >= 0.6 is 0 Å². The molecule has 3 N–H and O–H groups in total. The van der Waals surface area contributed by atoms with Crippen molar-refractivity contribution in [1.82, 2.24) is 14.5 Å². The van der Waals surface area contributed by atoms with Gasteiger partial charge in [0.2, 0.25) is 20.0 Å². The molecule has 0 unspecified atom stereocenters. The van der Waals surface area contributed by atoms with E-state index in [1.807, 2.05) is 36.5 Å². The molecule has 10 heteroatoms. The topological polar surface area (TPSA) is 124 Å². The maximum atomic E-state index is 12.3. The van der Waals surface area contributed by atoms with E-state index < -0.39 is 20.0 Å². The Kier molecular flexibility index (Phi) is 5.42. The van der Waals surface area contributed by atoms with E-state index in [1.54, 1.807) is 10.9 Å². The number of nitrogens with zero attached hydrogens (tertiary/aromatic N) is 2. The maximum absolute atomic E-state index is 12.3. The van der Waals surface area contributed by atoms with Gasteiger partial charge in [-0.1, -0.05) is 12.1 Å². The zero-order valence-electron chi connectivity index (χ0n) is 14.2. The number of aromatic nitrogens is 2. The smallest absolute Gasteiger partial charge is 0.240 e. The van der Waals surface area contributed by atoms with Gasteiger partial charge in [-0.2, -0.15) is 5.10 Å². The van der Waals surface area contributed by atoms with Crippen LogP contribution in [0.5, 0.6) is 0 Å². The minimum atomic E-state index is -3.86. The van der Waals surface area contributed by atoms with Crippen molar-refractivity contribution in [3.63, 3.8) is 0 Å². The van der Waals surface area contributed by atoms with Crippen LogP contribution < -0.4 is 9.86 Å². The molecule has 0 saturated carbocycles. The van der Waals surface area contributed by atoms with Gasteiger partial charge in [0.05, 0.1) is 15.5 Å². The minimum Gasteiger partial charge on any atom is -0.241 e. The highest BCUT2D eigenvalue weighted by Gasteiger charge is 2.15. The first kappa shape index (κ1) is 19.2. The van der Waals surface area contributed by atoms with Crippen LogP contribution in [0.1, 0.15) is 5.56 Å². The zero-order valence-corrected chi connectivity index (χ0v) is 15.8. The van der Waals surface area contributed by atoms with Gasteiger partial charge >= 0.3 is 0 Å². The molecule has 27 heavy (non-hydrogen) atoms. The van der Waals surface area contributed by atoms with Crippen molar-refractivity contribution < 1.29 is 16.8 Å². The largest absolute Gasteiger partial charge is 0.241 e. The predicted molar refractivity (Wildman–Crippen MR) is 100 cm³/mol. The molecule has 8 nitrogen and oxygen atoms in total. The fraction of sp³-hybridized carbons (Fsp3) is 0.118. The van der Waals surface area contributed by atoms with E-state index in [1.165, 1.54) is 12.1 Å². The number of primary sulfonamides is 1. The Bertz CT molecular complexity index is 1110. The van der Waals surface area contributed by atoms with Gasteiger partial charge in [-0.15, -0.1) is 0 Å². The van der Waals surface area contributed by atoms with E-state index >= 15 is 0 Å². The lowest BCUT2D eigenvalue weighted by Crippen LogP contribution is -2.26. The molecule has 0 fully saturated rings. The molecule has 0 atom stereocenters. The highest BCUT2D eigenvalue weighted by atomic mass is 32.2. The van der Waals surface area contributed by atoms with E-state index in [-0.39, 0.29) is 16.3 Å². The molecule has 0 radical (unpaired) electrons. The summed E-state index contributed by atoms with van der Waals surface area (Å²) in [5.41, 5.74) is 1.89. The summed E-state index contributed by atoms with van der Waals surface area (Å²) in [4.78, 5) is -0.164. The van der Waals surface area contributed by atoms with Crippen LogP contribution in [0.15, 0.2) is 76.8 Å². The number of hydrogen-bond donors (Lipinski definition) is 2. The van der Waals surface area contributed by atoms with Gasteiger partial charge in [0.25, 0.3) is 0 Å². The minimum absolute atomic E-state index is 0.0241. The molecule has 3 aromatic rings. The summed E-state index contributed by atoms with van der Waals surface area (Å²) < 4.78 is 51.3. The molecule has 0 spiro atoms. The fourth-order valence-electron chi connectivity index (χ4n) is 2.46. The summed E-state index contributed by atoms with van der Waals surface area (Å²) in [5, 5.41) is 9.15. The molecule has 0 aliphatic heterocycles. The number of nitrogens with two attached hydrogens (primary N) is 1. The normalized spacial score (nSPS) is 12.2. The second-order valence-electron chi connectivity index (χ2n) is 5.78. The average molecular weight is 406 g/mol. The van der Waals surface area contributed by atoms with Crippen molar-refractivity contribution in [3.8, 4) is 5.69 Å². The standard InChI is InChI=1S/C17H18N4O4S2/c18-26(22,23)16-6-8-17(9-7-16)27(24,25)20-12-10-14-2-4-15(5-3-14)21-13-1-11-19-21/h1-9,11,13,20H,10,12H2,(H2,18,22,23). The Morgan fingerprint density at radius 1 is 0.926 bits per heavy atom. The van der Waals surface area contributed by atoms with Crippen molar-refractivity contribution in [2.24, 2.45) is 5.14 Å². The molecular formula is C17H18N4O4S2. The van der Waals surface area contributed by atoms with Crippen molar-refractivity contribution in [2.75, 3.05) is 6.54 Å². The average Bonchev–Trinajstić information content (AvgIpc) is 3.16. The zero-order chi connectivity index (χ0) is 19.5.